The number of carboxylic acids is 2. The number of imidazole rings is 1. The molecule has 5 aromatic rings. The molecule has 50 heavy (non-hydrogen) atoms. The molecule has 1 aliphatic heterocycles. The van der Waals surface area contributed by atoms with Crippen LogP contribution in [0.3, 0.4) is 0 Å². The van der Waals surface area contributed by atoms with E-state index in [0.717, 1.165) is 29.8 Å². The second-order valence-corrected chi connectivity index (χ2v) is 11.6. The van der Waals surface area contributed by atoms with Crippen molar-refractivity contribution in [3.05, 3.63) is 114 Å². The first-order valence-corrected chi connectivity index (χ1v) is 15.7. The van der Waals surface area contributed by atoms with Gasteiger partial charge in [-0.3, -0.25) is 9.36 Å². The van der Waals surface area contributed by atoms with Gasteiger partial charge in [-0.2, -0.15) is 13.2 Å². The summed E-state index contributed by atoms with van der Waals surface area (Å²) in [6.45, 7) is 4.27. The molecule has 1 fully saturated rings. The van der Waals surface area contributed by atoms with Crippen molar-refractivity contribution in [2.24, 2.45) is 0 Å². The summed E-state index contributed by atoms with van der Waals surface area (Å²) in [6.07, 6.45) is -2.52. The number of aliphatic carboxylic acids is 1. The van der Waals surface area contributed by atoms with E-state index in [1.807, 2.05) is 96.4 Å². The van der Waals surface area contributed by atoms with Crippen LogP contribution in [0.4, 0.5) is 23.7 Å². The number of anilines is 1. The van der Waals surface area contributed by atoms with E-state index in [0.29, 0.717) is 46.5 Å². The number of urea groups is 1. The van der Waals surface area contributed by atoms with E-state index >= 15 is 0 Å². The first-order valence-electron chi connectivity index (χ1n) is 15.7. The lowest BCUT2D eigenvalue weighted by Crippen LogP contribution is -2.32. The summed E-state index contributed by atoms with van der Waals surface area (Å²) in [6, 6.07) is 27.8. The van der Waals surface area contributed by atoms with E-state index in [2.05, 4.69) is 6.92 Å². The van der Waals surface area contributed by atoms with Crippen molar-refractivity contribution in [2.45, 2.75) is 45.8 Å². The fourth-order valence-corrected chi connectivity index (χ4v) is 5.83. The second kappa shape index (κ2) is 14.6. The second-order valence-electron chi connectivity index (χ2n) is 11.6. The number of rotatable bonds is 9. The SMILES string of the molecule is CCCCc1nc2ccc(N3C(=O)CN(Cc4ccccc4)C3=O)cc2n1-c1ccc(-c2ccccc2)c(C(=O)O)c1C.O=C(O)C(F)(F)F. The average Bonchev–Trinajstić information content (AvgIpc) is 3.58. The third-order valence-corrected chi connectivity index (χ3v) is 8.19. The number of hydrogen-bond donors (Lipinski definition) is 2. The van der Waals surface area contributed by atoms with Crippen molar-refractivity contribution in [1.29, 1.82) is 0 Å². The van der Waals surface area contributed by atoms with E-state index in [-0.39, 0.29) is 24.0 Å². The third-order valence-electron chi connectivity index (χ3n) is 8.19. The van der Waals surface area contributed by atoms with E-state index in [1.54, 1.807) is 6.07 Å². The molecule has 1 saturated heterocycles. The number of fused-ring (bicyclic) bond motifs is 1. The molecule has 13 heteroatoms. The van der Waals surface area contributed by atoms with Crippen molar-refractivity contribution in [2.75, 3.05) is 11.4 Å². The molecule has 0 saturated carbocycles. The molecule has 0 spiro atoms. The zero-order chi connectivity index (χ0) is 36.2. The van der Waals surface area contributed by atoms with E-state index < -0.39 is 18.1 Å². The van der Waals surface area contributed by atoms with Gasteiger partial charge in [-0.1, -0.05) is 80.1 Å². The minimum Gasteiger partial charge on any atom is -0.478 e. The molecular formula is C37H33F3N4O6. The fraction of sp³-hybridized carbons (Fsp3) is 0.216. The van der Waals surface area contributed by atoms with E-state index in [4.69, 9.17) is 14.9 Å². The predicted octanol–water partition coefficient (Wildman–Crippen LogP) is 7.64. The van der Waals surface area contributed by atoms with Crippen LogP contribution in [0.15, 0.2) is 91.0 Å². The highest BCUT2D eigenvalue weighted by atomic mass is 19.4. The molecule has 6 rings (SSSR count). The number of imide groups is 1. The Morgan fingerprint density at radius 2 is 1.54 bits per heavy atom. The van der Waals surface area contributed by atoms with E-state index in [1.165, 1.54) is 9.80 Å². The number of alkyl halides is 3. The Labute approximate surface area is 285 Å². The first kappa shape index (κ1) is 35.3. The number of hydrogen-bond acceptors (Lipinski definition) is 5. The van der Waals surface area contributed by atoms with Crippen LogP contribution in [0.1, 0.15) is 47.1 Å². The van der Waals surface area contributed by atoms with Crippen LogP contribution in [-0.4, -0.2) is 61.3 Å². The van der Waals surface area contributed by atoms with Crippen LogP contribution in [-0.2, 0) is 22.6 Å². The summed E-state index contributed by atoms with van der Waals surface area (Å²) < 4.78 is 33.7. The van der Waals surface area contributed by atoms with Crippen LogP contribution in [0.5, 0.6) is 0 Å². The summed E-state index contributed by atoms with van der Waals surface area (Å²) in [5, 5.41) is 17.4. The molecule has 2 N–H and O–H groups in total. The van der Waals surface area contributed by atoms with Gasteiger partial charge in [0.2, 0.25) is 0 Å². The lowest BCUT2D eigenvalue weighted by molar-refractivity contribution is -0.192. The number of nitrogens with zero attached hydrogens (tertiary/aromatic N) is 4. The topological polar surface area (TPSA) is 133 Å². The maximum atomic E-state index is 13.4. The zero-order valence-electron chi connectivity index (χ0n) is 27.1. The van der Waals surface area contributed by atoms with Gasteiger partial charge in [0.15, 0.2) is 0 Å². The van der Waals surface area contributed by atoms with Gasteiger partial charge in [-0.25, -0.2) is 24.3 Å². The molecule has 4 aromatic carbocycles. The van der Waals surface area contributed by atoms with E-state index in [9.17, 15) is 32.7 Å². The molecule has 0 radical (unpaired) electrons. The number of carbonyl (C=O) groups is 4. The Bertz CT molecular complexity index is 2060. The molecule has 0 aliphatic carbocycles. The van der Waals surface area contributed by atoms with Crippen LogP contribution in [0, 0.1) is 6.92 Å². The Kier molecular flexibility index (Phi) is 10.3. The number of unbranched alkanes of at least 4 members (excludes halogenated alkanes) is 1. The Balaban J connectivity index is 0.000000630. The number of carbonyl (C=O) groups excluding carboxylic acids is 2. The first-order chi connectivity index (χ1) is 23.8. The van der Waals surface area contributed by atoms with Gasteiger partial charge in [0.1, 0.15) is 12.4 Å². The van der Waals surface area contributed by atoms with Gasteiger partial charge in [-0.15, -0.1) is 0 Å². The summed E-state index contributed by atoms with van der Waals surface area (Å²) in [7, 11) is 0. The molecule has 1 aliphatic rings. The van der Waals surface area contributed by atoms with Crippen molar-refractivity contribution in [3.63, 3.8) is 0 Å². The normalized spacial score (nSPS) is 13.1. The number of benzene rings is 4. The number of aromatic nitrogens is 2. The lowest BCUT2D eigenvalue weighted by atomic mass is 9.94. The standard InChI is InChI=1S/C35H32N4O4.C2HF3O2/c1-3-4-15-31-36-28-18-16-26(38-32(40)22-37(35(38)43)21-24-11-7-5-8-12-24)20-30(28)39(31)29-19-17-27(25-13-9-6-10-14-25)33(23(29)2)34(41)42;3-2(4,5)1(6)7/h5-14,16-20H,3-4,15,21-22H2,1-2H3,(H,41,42);(H,6,7). The molecule has 1 aromatic heterocycles. The highest BCUT2D eigenvalue weighted by molar-refractivity contribution is 6.20. The molecular weight excluding hydrogens is 653 g/mol. The maximum Gasteiger partial charge on any atom is 0.490 e. The summed E-state index contributed by atoms with van der Waals surface area (Å²) in [5.74, 6) is -3.27. The smallest absolute Gasteiger partial charge is 0.478 e. The van der Waals surface area contributed by atoms with Gasteiger partial charge in [0, 0.05) is 13.0 Å². The molecule has 2 heterocycles. The number of amides is 3. The molecule has 0 atom stereocenters. The van der Waals surface area contributed by atoms with Crippen LogP contribution >= 0.6 is 0 Å². The molecule has 10 nitrogen and oxygen atoms in total. The maximum absolute atomic E-state index is 13.4. The molecule has 0 bridgehead atoms. The molecule has 3 amide bonds. The summed E-state index contributed by atoms with van der Waals surface area (Å²) in [5.41, 5.74) is 5.82. The summed E-state index contributed by atoms with van der Waals surface area (Å²) in [4.78, 5) is 55.8. The van der Waals surface area contributed by atoms with Gasteiger partial charge in [0.05, 0.1) is 28.0 Å². The fourth-order valence-electron chi connectivity index (χ4n) is 5.83. The van der Waals surface area contributed by atoms with Crippen molar-refractivity contribution in [3.8, 4) is 16.8 Å². The minimum absolute atomic E-state index is 0.00515. The van der Waals surface area contributed by atoms with Crippen LogP contribution in [0.25, 0.3) is 27.8 Å². The van der Waals surface area contributed by atoms with Crippen LogP contribution < -0.4 is 4.90 Å². The highest BCUT2D eigenvalue weighted by Crippen LogP contribution is 2.34. The monoisotopic (exact) mass is 686 g/mol. The quantitative estimate of drug-likeness (QED) is 0.152. The highest BCUT2D eigenvalue weighted by Gasteiger charge is 2.38. The predicted molar refractivity (Wildman–Crippen MR) is 180 cm³/mol. The zero-order valence-corrected chi connectivity index (χ0v) is 27.1. The lowest BCUT2D eigenvalue weighted by Gasteiger charge is -2.19. The number of carboxylic acid groups (broad SMARTS) is 2. The Morgan fingerprint density at radius 1 is 0.900 bits per heavy atom. The average molecular weight is 687 g/mol. The largest absolute Gasteiger partial charge is 0.490 e. The number of aromatic carboxylic acids is 1. The minimum atomic E-state index is -5.08. The Hall–Kier alpha value is -5.98. The third kappa shape index (κ3) is 7.36. The van der Waals surface area contributed by atoms with Crippen molar-refractivity contribution < 1.29 is 42.6 Å². The molecule has 258 valence electrons. The number of halogens is 3. The Morgan fingerprint density at radius 3 is 2.14 bits per heavy atom. The van der Waals surface area contributed by atoms with Gasteiger partial charge < -0.3 is 15.1 Å². The van der Waals surface area contributed by atoms with Crippen LogP contribution in [0.2, 0.25) is 0 Å². The van der Waals surface area contributed by atoms with Crippen molar-refractivity contribution in [1.82, 2.24) is 14.5 Å². The van der Waals surface area contributed by atoms with Gasteiger partial charge >= 0.3 is 24.1 Å². The summed E-state index contributed by atoms with van der Waals surface area (Å²) >= 11 is 0. The van der Waals surface area contributed by atoms with Crippen molar-refractivity contribution >= 4 is 40.6 Å². The van der Waals surface area contributed by atoms with Gasteiger partial charge in [-0.05, 0) is 59.9 Å². The number of aryl methyl sites for hydroxylation is 1. The van der Waals surface area contributed by atoms with Gasteiger partial charge in [0.25, 0.3) is 5.91 Å². The molecule has 0 unspecified atom stereocenters.